The van der Waals surface area contributed by atoms with Crippen LogP contribution in [0.4, 0.5) is 0 Å². The van der Waals surface area contributed by atoms with Gasteiger partial charge in [-0.05, 0) is 6.07 Å². The molecule has 0 aliphatic heterocycles. The molecule has 0 fully saturated rings. The third-order valence-corrected chi connectivity index (χ3v) is 2.12. The minimum absolute atomic E-state index is 0.129. The summed E-state index contributed by atoms with van der Waals surface area (Å²) in [7, 11) is -1.37. The summed E-state index contributed by atoms with van der Waals surface area (Å²) in [6.45, 7) is 0. The minimum atomic E-state index is -1.37. The lowest BCUT2D eigenvalue weighted by molar-refractivity contribution is 0.0696. The fourth-order valence-corrected chi connectivity index (χ4v) is 1.26. The summed E-state index contributed by atoms with van der Waals surface area (Å²) in [5.41, 5.74) is 0.129. The second-order valence-corrected chi connectivity index (χ2v) is 3.34. The van der Waals surface area contributed by atoms with Gasteiger partial charge in [-0.25, -0.2) is 4.79 Å². The van der Waals surface area contributed by atoms with Crippen LogP contribution in [-0.2, 0) is 14.6 Å². The van der Waals surface area contributed by atoms with Gasteiger partial charge in [-0.2, -0.15) is 5.87 Å². The summed E-state index contributed by atoms with van der Waals surface area (Å²) in [4.78, 5) is 10.9. The quantitative estimate of drug-likeness (QED) is 0.552. The van der Waals surface area contributed by atoms with E-state index in [2.05, 4.69) is 5.87 Å². The molecule has 0 bridgehead atoms. The highest BCUT2D eigenvalue weighted by atomic mass is 32.2. The van der Waals surface area contributed by atoms with Gasteiger partial charge in [0.15, 0.2) is 0 Å². The van der Waals surface area contributed by atoms with Crippen LogP contribution in [0.15, 0.2) is 29.2 Å². The summed E-state index contributed by atoms with van der Waals surface area (Å²) >= 11 is 0. The summed E-state index contributed by atoms with van der Waals surface area (Å²) in [5.74, 6) is 2.26. The van der Waals surface area contributed by atoms with Crippen molar-refractivity contribution in [1.29, 1.82) is 0 Å². The number of carboxylic acid groups (broad SMARTS) is 1. The van der Waals surface area contributed by atoms with E-state index in [-0.39, 0.29) is 5.56 Å². The molecule has 0 atom stereocenters. The van der Waals surface area contributed by atoms with Crippen LogP contribution in [-0.4, -0.2) is 16.9 Å². The van der Waals surface area contributed by atoms with Crippen LogP contribution in [0.5, 0.6) is 0 Å². The molecule has 64 valence electrons. The molecule has 0 amide bonds. The molecule has 1 N–H and O–H groups in total. The lowest BCUT2D eigenvalue weighted by Gasteiger charge is -2.03. The molecule has 0 saturated carbocycles. The normalized spacial score (nSPS) is 10.1. The molecule has 3 nitrogen and oxygen atoms in total. The SMILES string of the molecule is C=[S-](=O)c1cccc(C(=O)O)c1. The van der Waals surface area contributed by atoms with E-state index in [0.29, 0.717) is 4.90 Å². The van der Waals surface area contributed by atoms with E-state index in [4.69, 9.17) is 5.11 Å². The summed E-state index contributed by atoms with van der Waals surface area (Å²) < 4.78 is 10.8. The Morgan fingerprint density at radius 1 is 1.50 bits per heavy atom. The molecule has 0 heterocycles. The maximum Gasteiger partial charge on any atom is 0.335 e. The first-order chi connectivity index (χ1) is 5.61. The molecule has 0 aliphatic rings. The van der Waals surface area contributed by atoms with E-state index in [0.717, 1.165) is 0 Å². The fourth-order valence-electron chi connectivity index (χ4n) is 0.771. The first-order valence-electron chi connectivity index (χ1n) is 3.16. The van der Waals surface area contributed by atoms with Gasteiger partial charge in [0, 0.05) is 0 Å². The molecule has 0 aromatic heterocycles. The van der Waals surface area contributed by atoms with Crippen molar-refractivity contribution < 1.29 is 14.1 Å². The predicted octanol–water partition coefficient (Wildman–Crippen LogP) is 1.14. The van der Waals surface area contributed by atoms with Crippen LogP contribution >= 0.6 is 0 Å². The molecular weight excluding hydrogens is 176 g/mol. The highest BCUT2D eigenvalue weighted by molar-refractivity contribution is 7.82. The van der Waals surface area contributed by atoms with Gasteiger partial charge in [0.1, 0.15) is 0 Å². The molecular formula is C8H7O3S-. The number of rotatable bonds is 2. The summed E-state index contributed by atoms with van der Waals surface area (Å²) in [6, 6.07) is 5.92. The fraction of sp³-hybridized carbons (Fsp3) is 0. The first kappa shape index (κ1) is 8.80. The van der Waals surface area contributed by atoms with Gasteiger partial charge >= 0.3 is 5.97 Å². The summed E-state index contributed by atoms with van der Waals surface area (Å²) in [5, 5.41) is 8.57. The molecule has 0 unspecified atom stereocenters. The third-order valence-electron chi connectivity index (χ3n) is 1.34. The van der Waals surface area contributed by atoms with Gasteiger partial charge in [0.2, 0.25) is 0 Å². The van der Waals surface area contributed by atoms with Crippen molar-refractivity contribution in [1.82, 2.24) is 0 Å². The van der Waals surface area contributed by atoms with Crippen molar-refractivity contribution in [3.05, 3.63) is 29.8 Å². The number of carbonyl (C=O) groups is 1. The van der Waals surface area contributed by atoms with Crippen LogP contribution < -0.4 is 0 Å². The van der Waals surface area contributed by atoms with Crippen molar-refractivity contribution in [3.63, 3.8) is 0 Å². The smallest absolute Gasteiger partial charge is 0.335 e. The van der Waals surface area contributed by atoms with Crippen LogP contribution in [0, 0.1) is 0 Å². The first-order valence-corrected chi connectivity index (χ1v) is 4.48. The van der Waals surface area contributed by atoms with Gasteiger partial charge in [-0.15, -0.1) is 4.90 Å². The molecule has 0 radical (unpaired) electrons. The van der Waals surface area contributed by atoms with Gasteiger partial charge in [-0.3, -0.25) is 10.4 Å². The Bertz CT molecular complexity index is 372. The van der Waals surface area contributed by atoms with Gasteiger partial charge < -0.3 is 9.32 Å². The predicted molar refractivity (Wildman–Crippen MR) is 46.8 cm³/mol. The number of hydrogen-bond acceptors (Lipinski definition) is 3. The Balaban J connectivity index is 3.21. The van der Waals surface area contributed by atoms with Gasteiger partial charge in [0.05, 0.1) is 5.56 Å². The highest BCUT2D eigenvalue weighted by Gasteiger charge is 1.98. The summed E-state index contributed by atoms with van der Waals surface area (Å²) in [6.07, 6.45) is 0. The molecule has 0 saturated heterocycles. The molecule has 0 aliphatic carbocycles. The van der Waals surface area contributed by atoms with Crippen molar-refractivity contribution in [2.75, 3.05) is 0 Å². The largest absolute Gasteiger partial charge is 0.478 e. The number of aromatic carboxylic acids is 1. The zero-order valence-corrected chi connectivity index (χ0v) is 7.00. The highest BCUT2D eigenvalue weighted by Crippen LogP contribution is 2.05. The van der Waals surface area contributed by atoms with Gasteiger partial charge in [-0.1, -0.05) is 18.2 Å². The maximum absolute atomic E-state index is 10.8. The second-order valence-electron chi connectivity index (χ2n) is 2.18. The van der Waals surface area contributed by atoms with E-state index in [1.54, 1.807) is 12.1 Å². The standard InChI is InChI=1S/C8H7O3S/c1-12(11)7-4-2-3-6(5-7)8(9)10/h2-5H,1H2,(H,9,10)/q-1. The van der Waals surface area contributed by atoms with Crippen LogP contribution in [0.25, 0.3) is 0 Å². The molecule has 4 heteroatoms. The minimum Gasteiger partial charge on any atom is -0.478 e. The van der Waals surface area contributed by atoms with Crippen molar-refractivity contribution in [3.8, 4) is 0 Å². The van der Waals surface area contributed by atoms with Crippen molar-refractivity contribution >= 4 is 22.2 Å². The molecule has 0 spiro atoms. The van der Waals surface area contributed by atoms with Crippen molar-refractivity contribution in [2.45, 2.75) is 4.90 Å². The number of carboxylic acids is 1. The lowest BCUT2D eigenvalue weighted by Crippen LogP contribution is -1.96. The third kappa shape index (κ3) is 1.85. The van der Waals surface area contributed by atoms with Crippen LogP contribution in [0.2, 0.25) is 0 Å². The van der Waals surface area contributed by atoms with E-state index in [9.17, 15) is 9.00 Å². The topological polar surface area (TPSA) is 54.4 Å². The number of benzene rings is 1. The zero-order chi connectivity index (χ0) is 9.14. The Kier molecular flexibility index (Phi) is 2.50. The zero-order valence-electron chi connectivity index (χ0n) is 6.19. The monoisotopic (exact) mass is 183 g/mol. The Morgan fingerprint density at radius 3 is 2.67 bits per heavy atom. The Labute approximate surface area is 71.7 Å². The molecule has 1 aromatic rings. The average Bonchev–Trinajstić information content (AvgIpc) is 2.04. The maximum atomic E-state index is 10.8. The average molecular weight is 183 g/mol. The molecule has 12 heavy (non-hydrogen) atoms. The van der Waals surface area contributed by atoms with Gasteiger partial charge in [0.25, 0.3) is 0 Å². The van der Waals surface area contributed by atoms with Crippen LogP contribution in [0.1, 0.15) is 10.4 Å². The van der Waals surface area contributed by atoms with E-state index in [1.807, 2.05) is 0 Å². The Hall–Kier alpha value is -1.29. The molecule has 1 aromatic carbocycles. The lowest BCUT2D eigenvalue weighted by atomic mass is 10.2. The van der Waals surface area contributed by atoms with Crippen molar-refractivity contribution in [2.24, 2.45) is 0 Å². The Morgan fingerprint density at radius 2 is 2.17 bits per heavy atom. The van der Waals surface area contributed by atoms with Crippen LogP contribution in [0.3, 0.4) is 0 Å². The number of hydrogen-bond donors (Lipinski definition) is 1. The second kappa shape index (κ2) is 3.40. The van der Waals surface area contributed by atoms with E-state index in [1.165, 1.54) is 12.1 Å². The van der Waals surface area contributed by atoms with E-state index >= 15 is 0 Å². The molecule has 1 rings (SSSR count). The van der Waals surface area contributed by atoms with E-state index < -0.39 is 16.4 Å².